The summed E-state index contributed by atoms with van der Waals surface area (Å²) in [5.74, 6) is -1.49. The number of aliphatic carboxylic acids is 2. The fraction of sp³-hybridized carbons (Fsp3) is 0.400. The molecule has 0 atom stereocenters. The molecule has 0 fully saturated rings. The van der Waals surface area contributed by atoms with Gasteiger partial charge in [0.25, 0.3) is 0 Å². The zero-order valence-corrected chi connectivity index (χ0v) is 9.33. The monoisotopic (exact) mass is 228 g/mol. The normalized spacial score (nSPS) is 7.62. The van der Waals surface area contributed by atoms with Gasteiger partial charge in [0.05, 0.1) is 0 Å². The fourth-order valence-electron chi connectivity index (χ4n) is 0.253. The van der Waals surface area contributed by atoms with Crippen molar-refractivity contribution >= 4 is 11.9 Å². The Morgan fingerprint density at radius 3 is 1.12 bits per heavy atom. The second-order valence-corrected chi connectivity index (χ2v) is 2.39. The first-order chi connectivity index (χ1) is 7.54. The van der Waals surface area contributed by atoms with E-state index < -0.39 is 11.9 Å². The van der Waals surface area contributed by atoms with Gasteiger partial charge in [-0.15, -0.1) is 0 Å². The van der Waals surface area contributed by atoms with E-state index in [4.69, 9.17) is 10.2 Å². The van der Waals surface area contributed by atoms with Crippen molar-refractivity contribution in [2.24, 2.45) is 0 Å². The summed E-state index contributed by atoms with van der Waals surface area (Å²) in [6.07, 6.45) is 7.00. The van der Waals surface area contributed by atoms with Crippen LogP contribution < -0.4 is 0 Å². The molecule has 0 aliphatic rings. The highest BCUT2D eigenvalue weighted by Crippen LogP contribution is 1.67. The van der Waals surface area contributed by atoms with E-state index in [1.54, 1.807) is 38.6 Å². The molecule has 0 amide bonds. The molecule has 90 valence electrons. The molecule has 6 nitrogen and oxygen atoms in total. The predicted molar refractivity (Wildman–Crippen MR) is 57.9 cm³/mol. The maximum absolute atomic E-state index is 9.37. The van der Waals surface area contributed by atoms with Crippen LogP contribution in [0.1, 0.15) is 26.7 Å². The lowest BCUT2D eigenvalue weighted by Crippen LogP contribution is -1.86. The minimum absolute atomic E-state index is 0.222. The van der Waals surface area contributed by atoms with Crippen molar-refractivity contribution in [2.45, 2.75) is 26.7 Å². The highest BCUT2D eigenvalue weighted by molar-refractivity contribution is 5.66. The molecule has 1 aromatic rings. The van der Waals surface area contributed by atoms with Gasteiger partial charge in [-0.3, -0.25) is 19.6 Å². The summed E-state index contributed by atoms with van der Waals surface area (Å²) in [5.41, 5.74) is 0. The van der Waals surface area contributed by atoms with Gasteiger partial charge in [0.1, 0.15) is 0 Å². The Kier molecular flexibility index (Phi) is 13.4. The third kappa shape index (κ3) is 22.7. The number of aromatic nitrogens is 2. The number of hydrogen-bond acceptors (Lipinski definition) is 4. The molecule has 0 spiro atoms. The topological polar surface area (TPSA) is 100 Å². The van der Waals surface area contributed by atoms with Crippen molar-refractivity contribution in [3.05, 3.63) is 24.8 Å². The molecule has 6 heteroatoms. The lowest BCUT2D eigenvalue weighted by Gasteiger charge is -1.71. The van der Waals surface area contributed by atoms with E-state index in [-0.39, 0.29) is 12.8 Å². The van der Waals surface area contributed by atoms with Gasteiger partial charge in [-0.1, -0.05) is 13.8 Å². The molecule has 16 heavy (non-hydrogen) atoms. The van der Waals surface area contributed by atoms with Crippen LogP contribution in [0.2, 0.25) is 0 Å². The van der Waals surface area contributed by atoms with Crippen LogP contribution in [0.25, 0.3) is 0 Å². The first-order valence-corrected chi connectivity index (χ1v) is 4.68. The largest absolute Gasteiger partial charge is 0.481 e. The summed E-state index contributed by atoms with van der Waals surface area (Å²) in [6, 6.07) is 0. The van der Waals surface area contributed by atoms with E-state index in [0.29, 0.717) is 0 Å². The first-order valence-electron chi connectivity index (χ1n) is 4.68. The molecule has 1 aromatic heterocycles. The van der Waals surface area contributed by atoms with Gasteiger partial charge >= 0.3 is 11.9 Å². The van der Waals surface area contributed by atoms with E-state index in [9.17, 15) is 9.59 Å². The molecular weight excluding hydrogens is 212 g/mol. The second-order valence-electron chi connectivity index (χ2n) is 2.39. The Hall–Kier alpha value is -1.98. The minimum atomic E-state index is -0.745. The SMILES string of the molecule is CCC(=O)O.CCC(=O)O.c1cnccn1. The van der Waals surface area contributed by atoms with Gasteiger partial charge in [0, 0.05) is 37.6 Å². The number of carboxylic acids is 2. The molecule has 1 heterocycles. The molecule has 0 aliphatic heterocycles. The van der Waals surface area contributed by atoms with Crippen LogP contribution >= 0.6 is 0 Å². The van der Waals surface area contributed by atoms with Gasteiger partial charge in [-0.25, -0.2) is 0 Å². The molecule has 0 bridgehead atoms. The summed E-state index contributed by atoms with van der Waals surface area (Å²) >= 11 is 0. The zero-order chi connectivity index (χ0) is 12.8. The Bertz CT molecular complexity index is 237. The van der Waals surface area contributed by atoms with Crippen molar-refractivity contribution in [3.63, 3.8) is 0 Å². The number of carboxylic acid groups (broad SMARTS) is 2. The zero-order valence-electron chi connectivity index (χ0n) is 9.33. The fourth-order valence-corrected chi connectivity index (χ4v) is 0.253. The van der Waals surface area contributed by atoms with Gasteiger partial charge in [0.15, 0.2) is 0 Å². The van der Waals surface area contributed by atoms with Crippen LogP contribution in [-0.2, 0) is 9.59 Å². The molecular formula is C10H16N2O4. The third-order valence-electron chi connectivity index (χ3n) is 1.08. The maximum Gasteiger partial charge on any atom is 0.303 e. The average molecular weight is 228 g/mol. The summed E-state index contributed by atoms with van der Waals surface area (Å²) in [7, 11) is 0. The molecule has 0 unspecified atom stereocenters. The quantitative estimate of drug-likeness (QED) is 0.794. The van der Waals surface area contributed by atoms with Crippen LogP contribution in [0.3, 0.4) is 0 Å². The number of carbonyl (C=O) groups is 2. The van der Waals surface area contributed by atoms with Crippen molar-refractivity contribution in [1.82, 2.24) is 9.97 Å². The lowest BCUT2D eigenvalue weighted by molar-refractivity contribution is -0.137. The van der Waals surface area contributed by atoms with Crippen LogP contribution in [0.5, 0.6) is 0 Å². The predicted octanol–water partition coefficient (Wildman–Crippen LogP) is 1.44. The molecule has 1 rings (SSSR count). The lowest BCUT2D eigenvalue weighted by atomic mass is 10.5. The van der Waals surface area contributed by atoms with Crippen LogP contribution in [0.15, 0.2) is 24.8 Å². The van der Waals surface area contributed by atoms with E-state index >= 15 is 0 Å². The Labute approximate surface area is 94.0 Å². The summed E-state index contributed by atoms with van der Waals surface area (Å²) in [5, 5.41) is 15.4. The van der Waals surface area contributed by atoms with Gasteiger partial charge in [-0.2, -0.15) is 0 Å². The number of rotatable bonds is 2. The molecule has 0 saturated heterocycles. The molecule has 0 saturated carbocycles. The molecule has 0 radical (unpaired) electrons. The molecule has 0 aromatic carbocycles. The van der Waals surface area contributed by atoms with Gasteiger partial charge in [-0.05, 0) is 0 Å². The van der Waals surface area contributed by atoms with Crippen LogP contribution in [-0.4, -0.2) is 32.1 Å². The summed E-state index contributed by atoms with van der Waals surface area (Å²) < 4.78 is 0. The Morgan fingerprint density at radius 1 is 0.875 bits per heavy atom. The van der Waals surface area contributed by atoms with E-state index in [2.05, 4.69) is 9.97 Å². The Morgan fingerprint density at radius 2 is 1.06 bits per heavy atom. The Balaban J connectivity index is 0. The van der Waals surface area contributed by atoms with Crippen LogP contribution in [0.4, 0.5) is 0 Å². The summed E-state index contributed by atoms with van der Waals surface area (Å²) in [6.45, 7) is 3.20. The minimum Gasteiger partial charge on any atom is -0.481 e. The van der Waals surface area contributed by atoms with Crippen molar-refractivity contribution in [1.29, 1.82) is 0 Å². The summed E-state index contributed by atoms with van der Waals surface area (Å²) in [4.78, 5) is 26.2. The van der Waals surface area contributed by atoms with Crippen molar-refractivity contribution < 1.29 is 19.8 Å². The molecule has 2 N–H and O–H groups in total. The number of hydrogen-bond donors (Lipinski definition) is 2. The average Bonchev–Trinajstić information content (AvgIpc) is 2.32. The smallest absolute Gasteiger partial charge is 0.303 e. The highest BCUT2D eigenvalue weighted by atomic mass is 16.4. The first kappa shape index (κ1) is 16.4. The number of nitrogens with zero attached hydrogens (tertiary/aromatic N) is 2. The van der Waals surface area contributed by atoms with Crippen molar-refractivity contribution in [3.8, 4) is 0 Å². The van der Waals surface area contributed by atoms with Crippen LogP contribution in [0, 0.1) is 0 Å². The third-order valence-corrected chi connectivity index (χ3v) is 1.08. The standard InChI is InChI=1S/C4H4N2.2C3H6O2/c1-2-6-4-3-5-1;2*1-2-3(4)5/h1-4H;2*2H2,1H3,(H,4,5). The van der Waals surface area contributed by atoms with Gasteiger partial charge < -0.3 is 10.2 Å². The van der Waals surface area contributed by atoms with E-state index in [0.717, 1.165) is 0 Å². The highest BCUT2D eigenvalue weighted by Gasteiger charge is 1.81. The van der Waals surface area contributed by atoms with Crippen molar-refractivity contribution in [2.75, 3.05) is 0 Å². The van der Waals surface area contributed by atoms with Gasteiger partial charge in [0.2, 0.25) is 0 Å². The van der Waals surface area contributed by atoms with E-state index in [1.807, 2.05) is 0 Å². The second kappa shape index (κ2) is 13.0. The van der Waals surface area contributed by atoms with E-state index in [1.165, 1.54) is 0 Å². The maximum atomic E-state index is 9.37. The molecule has 0 aliphatic carbocycles.